The summed E-state index contributed by atoms with van der Waals surface area (Å²) in [5.41, 5.74) is 2.45. The lowest BCUT2D eigenvalue weighted by molar-refractivity contribution is 0.00578. The Bertz CT molecular complexity index is 1420. The highest BCUT2D eigenvalue weighted by Crippen LogP contribution is 2.39. The molecule has 0 atom stereocenters. The van der Waals surface area contributed by atoms with Crippen LogP contribution >= 0.6 is 0 Å². The number of benzene rings is 4. The maximum Gasteiger partial charge on any atom is 0.496 e. The molecule has 4 heteroatoms. The lowest BCUT2D eigenvalue weighted by Gasteiger charge is -2.32. The Kier molecular flexibility index (Phi) is 3.81. The second-order valence-corrected chi connectivity index (χ2v) is 9.56. The Morgan fingerprint density at radius 2 is 1.32 bits per heavy atom. The molecule has 152 valence electrons. The van der Waals surface area contributed by atoms with Crippen molar-refractivity contribution in [3.05, 3.63) is 73.1 Å². The number of nitrogens with zero attached hydrogens (tertiary/aromatic N) is 1. The van der Waals surface area contributed by atoms with E-state index in [0.29, 0.717) is 0 Å². The molecule has 0 unspecified atom stereocenters. The first-order chi connectivity index (χ1) is 14.8. The molecule has 0 aliphatic carbocycles. The van der Waals surface area contributed by atoms with Crippen LogP contribution in [0.1, 0.15) is 27.7 Å². The molecular formula is C27H24BNO2. The van der Waals surface area contributed by atoms with E-state index in [1.54, 1.807) is 0 Å². The minimum atomic E-state index is -0.419. The van der Waals surface area contributed by atoms with E-state index >= 15 is 0 Å². The van der Waals surface area contributed by atoms with Crippen molar-refractivity contribution in [1.82, 2.24) is 4.98 Å². The third kappa shape index (κ3) is 2.72. The van der Waals surface area contributed by atoms with Crippen molar-refractivity contribution < 1.29 is 9.31 Å². The quantitative estimate of drug-likeness (QED) is 0.269. The number of hydrogen-bond donors (Lipinski definition) is 0. The number of hydrogen-bond acceptors (Lipinski definition) is 3. The van der Waals surface area contributed by atoms with Crippen LogP contribution in [0.2, 0.25) is 0 Å². The van der Waals surface area contributed by atoms with Gasteiger partial charge in [-0.2, -0.15) is 0 Å². The zero-order valence-electron chi connectivity index (χ0n) is 18.3. The van der Waals surface area contributed by atoms with Crippen molar-refractivity contribution in [3.63, 3.8) is 0 Å². The first-order valence-corrected chi connectivity index (χ1v) is 10.8. The highest BCUT2D eigenvalue weighted by atomic mass is 16.7. The summed E-state index contributed by atoms with van der Waals surface area (Å²) in [6, 6.07) is 22.0. The molecule has 4 aromatic carbocycles. The summed E-state index contributed by atoms with van der Waals surface area (Å²) in [6.45, 7) is 8.30. The van der Waals surface area contributed by atoms with E-state index in [2.05, 4.69) is 93.3 Å². The molecule has 0 saturated carbocycles. The predicted octanol–water partition coefficient (Wildman–Crippen LogP) is 5.95. The molecule has 0 spiro atoms. The van der Waals surface area contributed by atoms with Gasteiger partial charge in [-0.15, -0.1) is 0 Å². The molecular weight excluding hydrogens is 381 g/mol. The first kappa shape index (κ1) is 18.8. The average Bonchev–Trinajstić information content (AvgIpc) is 2.99. The summed E-state index contributed by atoms with van der Waals surface area (Å²) in [5, 5.41) is 7.70. The van der Waals surface area contributed by atoms with E-state index in [0.717, 1.165) is 11.0 Å². The highest BCUT2D eigenvalue weighted by molar-refractivity contribution is 6.62. The monoisotopic (exact) mass is 405 g/mol. The Balaban J connectivity index is 1.53. The maximum absolute atomic E-state index is 6.26. The van der Waals surface area contributed by atoms with Crippen molar-refractivity contribution in [1.29, 1.82) is 0 Å². The molecule has 1 aliphatic heterocycles. The van der Waals surface area contributed by atoms with Crippen molar-refractivity contribution in [3.8, 4) is 11.1 Å². The first-order valence-electron chi connectivity index (χ1n) is 10.8. The van der Waals surface area contributed by atoms with Crippen LogP contribution in [0.3, 0.4) is 0 Å². The summed E-state index contributed by atoms with van der Waals surface area (Å²) >= 11 is 0. The smallest absolute Gasteiger partial charge is 0.399 e. The van der Waals surface area contributed by atoms with Crippen LogP contribution in [0, 0.1) is 0 Å². The highest BCUT2D eigenvalue weighted by Gasteiger charge is 2.51. The Hall–Kier alpha value is -2.95. The average molecular weight is 405 g/mol. The van der Waals surface area contributed by atoms with Crippen LogP contribution in [0.15, 0.2) is 73.1 Å². The minimum absolute atomic E-state index is 0.374. The summed E-state index contributed by atoms with van der Waals surface area (Å²) in [5.74, 6) is 0. The largest absolute Gasteiger partial charge is 0.496 e. The van der Waals surface area contributed by atoms with E-state index in [9.17, 15) is 0 Å². The summed E-state index contributed by atoms with van der Waals surface area (Å²) in [4.78, 5) is 4.55. The number of pyridine rings is 1. The SMILES string of the molecule is CC1(C)OB(c2cncc(-c3ccc4ccc5cccc6ccc3c4c56)c2)OC1(C)C. The third-order valence-electron chi connectivity index (χ3n) is 7.12. The molecule has 0 radical (unpaired) electrons. The van der Waals surface area contributed by atoms with E-state index in [1.165, 1.54) is 37.9 Å². The van der Waals surface area contributed by atoms with Gasteiger partial charge in [0, 0.05) is 23.4 Å². The minimum Gasteiger partial charge on any atom is -0.399 e. The normalized spacial score (nSPS) is 17.9. The van der Waals surface area contributed by atoms with Gasteiger partial charge in [-0.25, -0.2) is 0 Å². The zero-order valence-corrected chi connectivity index (χ0v) is 18.3. The Labute approximate surface area is 182 Å². The molecule has 0 amide bonds. The van der Waals surface area contributed by atoms with Crippen molar-refractivity contribution in [2.24, 2.45) is 0 Å². The van der Waals surface area contributed by atoms with E-state index in [1.807, 2.05) is 12.4 Å². The maximum atomic E-state index is 6.26. The Morgan fingerprint density at radius 3 is 2.03 bits per heavy atom. The molecule has 1 fully saturated rings. The third-order valence-corrected chi connectivity index (χ3v) is 7.12. The molecule has 2 heterocycles. The summed E-state index contributed by atoms with van der Waals surface area (Å²) < 4.78 is 12.5. The second kappa shape index (κ2) is 6.29. The molecule has 6 rings (SSSR count). The standard InChI is InChI=1S/C27H24BNO2/c1-26(2)27(3,4)31-28(30-26)21-14-20(15-29-16-21)22-12-10-19-9-8-17-6-5-7-18-11-13-23(22)25(19)24(17)18/h5-16H,1-4H3. The van der Waals surface area contributed by atoms with Gasteiger partial charge in [-0.1, -0.05) is 60.7 Å². The van der Waals surface area contributed by atoms with E-state index < -0.39 is 7.12 Å². The van der Waals surface area contributed by atoms with Crippen molar-refractivity contribution in [2.75, 3.05) is 0 Å². The second-order valence-electron chi connectivity index (χ2n) is 9.56. The van der Waals surface area contributed by atoms with Crippen molar-refractivity contribution >= 4 is 44.9 Å². The molecule has 5 aromatic rings. The molecule has 0 N–H and O–H groups in total. The molecule has 1 saturated heterocycles. The Morgan fingerprint density at radius 1 is 0.710 bits per heavy atom. The van der Waals surface area contributed by atoms with Gasteiger partial charge in [0.15, 0.2) is 0 Å². The van der Waals surface area contributed by atoms with Gasteiger partial charge in [-0.3, -0.25) is 4.98 Å². The van der Waals surface area contributed by atoms with Gasteiger partial charge < -0.3 is 9.31 Å². The van der Waals surface area contributed by atoms with E-state index in [-0.39, 0.29) is 11.2 Å². The molecule has 31 heavy (non-hydrogen) atoms. The lowest BCUT2D eigenvalue weighted by Crippen LogP contribution is -2.41. The summed E-state index contributed by atoms with van der Waals surface area (Å²) in [6.07, 6.45) is 3.78. The zero-order chi connectivity index (χ0) is 21.4. The topological polar surface area (TPSA) is 31.4 Å². The van der Waals surface area contributed by atoms with Gasteiger partial charge in [0.1, 0.15) is 0 Å². The van der Waals surface area contributed by atoms with Crippen LogP contribution in [-0.4, -0.2) is 23.3 Å². The van der Waals surface area contributed by atoms with Crippen LogP contribution in [0.25, 0.3) is 43.4 Å². The number of rotatable bonds is 2. The van der Waals surface area contributed by atoms with Gasteiger partial charge in [-0.05, 0) is 65.6 Å². The molecule has 0 bridgehead atoms. The predicted molar refractivity (Wildman–Crippen MR) is 129 cm³/mol. The molecule has 3 nitrogen and oxygen atoms in total. The van der Waals surface area contributed by atoms with E-state index in [4.69, 9.17) is 9.31 Å². The fourth-order valence-corrected chi connectivity index (χ4v) is 4.70. The van der Waals surface area contributed by atoms with Crippen LogP contribution in [-0.2, 0) is 9.31 Å². The molecule has 1 aliphatic rings. The van der Waals surface area contributed by atoms with Crippen LogP contribution < -0.4 is 5.46 Å². The summed E-state index contributed by atoms with van der Waals surface area (Å²) in [7, 11) is -0.419. The van der Waals surface area contributed by atoms with Crippen molar-refractivity contribution in [2.45, 2.75) is 38.9 Å². The van der Waals surface area contributed by atoms with Crippen LogP contribution in [0.5, 0.6) is 0 Å². The fraction of sp³-hybridized carbons (Fsp3) is 0.222. The van der Waals surface area contributed by atoms with Gasteiger partial charge in [0.25, 0.3) is 0 Å². The molecule has 1 aromatic heterocycles. The van der Waals surface area contributed by atoms with Gasteiger partial charge in [0.2, 0.25) is 0 Å². The van der Waals surface area contributed by atoms with Gasteiger partial charge >= 0.3 is 7.12 Å². The number of aromatic nitrogens is 1. The lowest BCUT2D eigenvalue weighted by atomic mass is 9.79. The fourth-order valence-electron chi connectivity index (χ4n) is 4.70. The van der Waals surface area contributed by atoms with Gasteiger partial charge in [0.05, 0.1) is 11.2 Å². The van der Waals surface area contributed by atoms with Crippen LogP contribution in [0.4, 0.5) is 0 Å².